The van der Waals surface area contributed by atoms with Crippen LogP contribution in [-0.4, -0.2) is 15.0 Å². The molecule has 0 spiro atoms. The van der Waals surface area contributed by atoms with Gasteiger partial charge in [0.1, 0.15) is 0 Å². The van der Waals surface area contributed by atoms with Crippen molar-refractivity contribution in [1.82, 2.24) is 0 Å². The molecule has 22 heavy (non-hydrogen) atoms. The van der Waals surface area contributed by atoms with Crippen molar-refractivity contribution in [1.29, 1.82) is 0 Å². The van der Waals surface area contributed by atoms with Gasteiger partial charge in [-0.05, 0) is 34.9 Å². The SMILES string of the molecule is O=S(=O)(OCCc1ccc2ccccc2c1)c1ccccc1. The summed E-state index contributed by atoms with van der Waals surface area (Å²) in [5, 5.41) is 2.31. The first-order valence-electron chi connectivity index (χ1n) is 7.07. The zero-order valence-corrected chi connectivity index (χ0v) is 12.8. The lowest BCUT2D eigenvalue weighted by atomic mass is 10.1. The minimum Gasteiger partial charge on any atom is -0.266 e. The molecule has 0 unspecified atom stereocenters. The third-order valence-corrected chi connectivity index (χ3v) is 4.80. The minimum atomic E-state index is -3.67. The summed E-state index contributed by atoms with van der Waals surface area (Å²) < 4.78 is 29.1. The maximum Gasteiger partial charge on any atom is 0.296 e. The van der Waals surface area contributed by atoms with E-state index in [0.29, 0.717) is 6.42 Å². The molecule has 0 saturated carbocycles. The van der Waals surface area contributed by atoms with E-state index in [2.05, 4.69) is 12.1 Å². The van der Waals surface area contributed by atoms with Gasteiger partial charge < -0.3 is 0 Å². The van der Waals surface area contributed by atoms with E-state index in [1.165, 1.54) is 17.5 Å². The van der Waals surface area contributed by atoms with E-state index in [9.17, 15) is 8.42 Å². The van der Waals surface area contributed by atoms with Crippen LogP contribution >= 0.6 is 0 Å². The molecule has 0 N–H and O–H groups in total. The van der Waals surface area contributed by atoms with E-state index >= 15 is 0 Å². The zero-order chi connectivity index (χ0) is 15.4. The van der Waals surface area contributed by atoms with Gasteiger partial charge >= 0.3 is 0 Å². The Morgan fingerprint density at radius 2 is 1.45 bits per heavy atom. The highest BCUT2D eigenvalue weighted by Crippen LogP contribution is 2.17. The molecule has 0 atom stereocenters. The Labute approximate surface area is 130 Å². The van der Waals surface area contributed by atoms with Crippen molar-refractivity contribution in [3.63, 3.8) is 0 Å². The monoisotopic (exact) mass is 312 g/mol. The molecular formula is C18H16O3S. The molecule has 0 saturated heterocycles. The van der Waals surface area contributed by atoms with Gasteiger partial charge in [0.25, 0.3) is 10.1 Å². The van der Waals surface area contributed by atoms with E-state index < -0.39 is 10.1 Å². The number of rotatable bonds is 5. The summed E-state index contributed by atoms with van der Waals surface area (Å²) in [7, 11) is -3.67. The summed E-state index contributed by atoms with van der Waals surface area (Å²) in [6, 6.07) is 22.4. The maximum atomic E-state index is 12.0. The summed E-state index contributed by atoms with van der Waals surface area (Å²) >= 11 is 0. The molecule has 0 bridgehead atoms. The molecule has 3 aromatic rings. The average molecular weight is 312 g/mol. The van der Waals surface area contributed by atoms with Crippen molar-refractivity contribution in [2.45, 2.75) is 11.3 Å². The highest BCUT2D eigenvalue weighted by molar-refractivity contribution is 7.86. The lowest BCUT2D eigenvalue weighted by molar-refractivity contribution is 0.322. The molecule has 112 valence electrons. The molecule has 0 fully saturated rings. The van der Waals surface area contributed by atoms with E-state index in [0.717, 1.165) is 10.9 Å². The fourth-order valence-electron chi connectivity index (χ4n) is 2.32. The van der Waals surface area contributed by atoms with E-state index in [-0.39, 0.29) is 11.5 Å². The fourth-order valence-corrected chi connectivity index (χ4v) is 3.25. The summed E-state index contributed by atoms with van der Waals surface area (Å²) in [5.41, 5.74) is 1.06. The van der Waals surface area contributed by atoms with Crippen LogP contribution in [0.3, 0.4) is 0 Å². The predicted molar refractivity (Wildman–Crippen MR) is 87.2 cm³/mol. The van der Waals surface area contributed by atoms with Gasteiger partial charge in [0.15, 0.2) is 0 Å². The molecule has 0 aliphatic carbocycles. The lowest BCUT2D eigenvalue weighted by Gasteiger charge is -2.06. The molecule has 3 rings (SSSR count). The first-order valence-corrected chi connectivity index (χ1v) is 8.48. The Morgan fingerprint density at radius 1 is 0.773 bits per heavy atom. The highest BCUT2D eigenvalue weighted by atomic mass is 32.2. The molecule has 0 amide bonds. The van der Waals surface area contributed by atoms with Crippen molar-refractivity contribution < 1.29 is 12.6 Å². The van der Waals surface area contributed by atoms with Crippen molar-refractivity contribution in [3.05, 3.63) is 78.4 Å². The van der Waals surface area contributed by atoms with Crippen LogP contribution in [0.1, 0.15) is 5.56 Å². The largest absolute Gasteiger partial charge is 0.296 e. The topological polar surface area (TPSA) is 43.4 Å². The van der Waals surface area contributed by atoms with Crippen LogP contribution < -0.4 is 0 Å². The number of hydrogen-bond donors (Lipinski definition) is 0. The van der Waals surface area contributed by atoms with Gasteiger partial charge in [-0.2, -0.15) is 8.42 Å². The van der Waals surface area contributed by atoms with Gasteiger partial charge in [-0.3, -0.25) is 4.18 Å². The van der Waals surface area contributed by atoms with Crippen molar-refractivity contribution >= 4 is 20.9 Å². The van der Waals surface area contributed by atoms with Crippen LogP contribution in [0, 0.1) is 0 Å². The Morgan fingerprint density at radius 3 is 2.23 bits per heavy atom. The van der Waals surface area contributed by atoms with E-state index in [1.54, 1.807) is 18.2 Å². The quantitative estimate of drug-likeness (QED) is 0.673. The first kappa shape index (κ1) is 14.8. The molecule has 3 aromatic carbocycles. The second-order valence-electron chi connectivity index (χ2n) is 5.02. The Hall–Kier alpha value is -2.17. The number of benzene rings is 3. The van der Waals surface area contributed by atoms with Gasteiger partial charge in [-0.15, -0.1) is 0 Å². The average Bonchev–Trinajstić information content (AvgIpc) is 2.55. The third kappa shape index (κ3) is 3.35. The van der Waals surface area contributed by atoms with Gasteiger partial charge in [0.05, 0.1) is 11.5 Å². The summed E-state index contributed by atoms with van der Waals surface area (Å²) in [6.45, 7) is 0.134. The van der Waals surface area contributed by atoms with Crippen LogP contribution in [0.15, 0.2) is 77.7 Å². The zero-order valence-electron chi connectivity index (χ0n) is 12.0. The molecular weight excluding hydrogens is 296 g/mol. The van der Waals surface area contributed by atoms with Crippen LogP contribution in [-0.2, 0) is 20.7 Å². The Kier molecular flexibility index (Phi) is 4.22. The first-order chi connectivity index (χ1) is 10.6. The third-order valence-electron chi connectivity index (χ3n) is 3.47. The second-order valence-corrected chi connectivity index (χ2v) is 6.64. The Balaban J connectivity index is 1.67. The van der Waals surface area contributed by atoms with Crippen LogP contribution in [0.2, 0.25) is 0 Å². The molecule has 4 heteroatoms. The standard InChI is InChI=1S/C18H16O3S/c19-22(20,18-8-2-1-3-9-18)21-13-12-15-10-11-16-6-4-5-7-17(16)14-15/h1-11,14H,12-13H2. The molecule has 0 heterocycles. The van der Waals surface area contributed by atoms with E-state index in [1.807, 2.05) is 30.3 Å². The number of hydrogen-bond acceptors (Lipinski definition) is 3. The summed E-state index contributed by atoms with van der Waals surface area (Å²) in [6.07, 6.45) is 0.552. The van der Waals surface area contributed by atoms with Crippen molar-refractivity contribution in [2.75, 3.05) is 6.61 Å². The summed E-state index contributed by atoms with van der Waals surface area (Å²) in [5.74, 6) is 0. The van der Waals surface area contributed by atoms with Crippen LogP contribution in [0.25, 0.3) is 10.8 Å². The predicted octanol–water partition coefficient (Wildman–Crippen LogP) is 3.79. The maximum absolute atomic E-state index is 12.0. The lowest BCUT2D eigenvalue weighted by Crippen LogP contribution is -2.09. The molecule has 0 radical (unpaired) electrons. The molecule has 0 aliphatic rings. The Bertz CT molecular complexity index is 871. The minimum absolute atomic E-state index is 0.134. The molecule has 0 aromatic heterocycles. The number of fused-ring (bicyclic) bond motifs is 1. The van der Waals surface area contributed by atoms with Crippen LogP contribution in [0.5, 0.6) is 0 Å². The normalized spacial score (nSPS) is 11.6. The van der Waals surface area contributed by atoms with E-state index in [4.69, 9.17) is 4.18 Å². The highest BCUT2D eigenvalue weighted by Gasteiger charge is 2.13. The molecule has 3 nitrogen and oxygen atoms in total. The smallest absolute Gasteiger partial charge is 0.266 e. The molecule has 0 aliphatic heterocycles. The van der Waals surface area contributed by atoms with Gasteiger partial charge in [-0.1, -0.05) is 60.7 Å². The van der Waals surface area contributed by atoms with Gasteiger partial charge in [0, 0.05) is 0 Å². The van der Waals surface area contributed by atoms with Crippen molar-refractivity contribution in [2.24, 2.45) is 0 Å². The summed E-state index contributed by atoms with van der Waals surface area (Å²) in [4.78, 5) is 0.188. The second kappa shape index (κ2) is 6.30. The van der Waals surface area contributed by atoms with Crippen LogP contribution in [0.4, 0.5) is 0 Å². The van der Waals surface area contributed by atoms with Crippen molar-refractivity contribution in [3.8, 4) is 0 Å². The fraction of sp³-hybridized carbons (Fsp3) is 0.111. The van der Waals surface area contributed by atoms with Gasteiger partial charge in [0.2, 0.25) is 0 Å². The van der Waals surface area contributed by atoms with Gasteiger partial charge in [-0.25, -0.2) is 0 Å².